The summed E-state index contributed by atoms with van der Waals surface area (Å²) in [5.74, 6) is -1.18. The van der Waals surface area contributed by atoms with Crippen molar-refractivity contribution in [2.75, 3.05) is 0 Å². The SMILES string of the molecule is Cn1cc(CCc2ccccc2)c(=O)c(C(=O)O)c1. The van der Waals surface area contributed by atoms with Gasteiger partial charge in [0.25, 0.3) is 0 Å². The van der Waals surface area contributed by atoms with Crippen molar-refractivity contribution < 1.29 is 9.90 Å². The van der Waals surface area contributed by atoms with Crippen LogP contribution >= 0.6 is 0 Å². The van der Waals surface area contributed by atoms with Gasteiger partial charge in [-0.3, -0.25) is 4.79 Å². The Morgan fingerprint density at radius 1 is 1.16 bits per heavy atom. The molecule has 1 heterocycles. The summed E-state index contributed by atoms with van der Waals surface area (Å²) in [7, 11) is 1.72. The molecule has 98 valence electrons. The first kappa shape index (κ1) is 13.1. The molecule has 4 nitrogen and oxygen atoms in total. The Balaban J connectivity index is 2.26. The van der Waals surface area contributed by atoms with E-state index in [0.717, 1.165) is 12.0 Å². The van der Waals surface area contributed by atoms with Gasteiger partial charge >= 0.3 is 5.97 Å². The molecular weight excluding hydrogens is 242 g/mol. The van der Waals surface area contributed by atoms with E-state index in [-0.39, 0.29) is 11.0 Å². The van der Waals surface area contributed by atoms with Gasteiger partial charge in [-0.25, -0.2) is 4.79 Å². The normalized spacial score (nSPS) is 10.4. The zero-order valence-corrected chi connectivity index (χ0v) is 10.7. The summed E-state index contributed by atoms with van der Waals surface area (Å²) >= 11 is 0. The number of aryl methyl sites for hydroxylation is 3. The molecule has 0 aliphatic carbocycles. The molecule has 1 N–H and O–H groups in total. The summed E-state index contributed by atoms with van der Waals surface area (Å²) in [6.45, 7) is 0. The highest BCUT2D eigenvalue weighted by Gasteiger charge is 2.12. The molecule has 0 aliphatic heterocycles. The topological polar surface area (TPSA) is 59.3 Å². The molecule has 0 radical (unpaired) electrons. The molecule has 2 rings (SSSR count). The number of carboxylic acid groups (broad SMARTS) is 1. The zero-order valence-electron chi connectivity index (χ0n) is 10.7. The highest BCUT2D eigenvalue weighted by atomic mass is 16.4. The standard InChI is InChI=1S/C15H15NO3/c1-16-9-12(14(17)13(10-16)15(18)19)8-7-11-5-3-2-4-6-11/h2-6,9-10H,7-8H2,1H3,(H,18,19). The van der Waals surface area contributed by atoms with Crippen LogP contribution in [0.1, 0.15) is 21.5 Å². The van der Waals surface area contributed by atoms with E-state index >= 15 is 0 Å². The molecule has 0 atom stereocenters. The Kier molecular flexibility index (Phi) is 3.80. The van der Waals surface area contributed by atoms with Crippen LogP contribution in [0.15, 0.2) is 47.5 Å². The van der Waals surface area contributed by atoms with Gasteiger partial charge in [0.15, 0.2) is 5.43 Å². The minimum absolute atomic E-state index is 0.173. The van der Waals surface area contributed by atoms with Crippen LogP contribution in [0.2, 0.25) is 0 Å². The van der Waals surface area contributed by atoms with E-state index in [4.69, 9.17) is 5.11 Å². The van der Waals surface area contributed by atoms with Crippen LogP contribution in [-0.4, -0.2) is 15.6 Å². The average Bonchev–Trinajstić information content (AvgIpc) is 2.40. The van der Waals surface area contributed by atoms with Crippen LogP contribution in [0.3, 0.4) is 0 Å². The number of hydrogen-bond acceptors (Lipinski definition) is 2. The largest absolute Gasteiger partial charge is 0.477 e. The molecule has 0 saturated carbocycles. The second-order valence-corrected chi connectivity index (χ2v) is 4.48. The Labute approximate surface area is 110 Å². The maximum Gasteiger partial charge on any atom is 0.341 e. The minimum Gasteiger partial charge on any atom is -0.477 e. The monoisotopic (exact) mass is 257 g/mol. The van der Waals surface area contributed by atoms with E-state index in [0.29, 0.717) is 12.0 Å². The Hall–Kier alpha value is -2.36. The molecule has 0 bridgehead atoms. The lowest BCUT2D eigenvalue weighted by atomic mass is 10.0. The fourth-order valence-corrected chi connectivity index (χ4v) is 2.03. The van der Waals surface area contributed by atoms with Crippen molar-refractivity contribution in [3.05, 3.63) is 69.6 Å². The van der Waals surface area contributed by atoms with Crippen LogP contribution in [0.5, 0.6) is 0 Å². The molecule has 0 fully saturated rings. The number of hydrogen-bond donors (Lipinski definition) is 1. The van der Waals surface area contributed by atoms with Gasteiger partial charge in [-0.2, -0.15) is 0 Å². The first-order valence-corrected chi connectivity index (χ1v) is 6.04. The van der Waals surface area contributed by atoms with Crippen molar-refractivity contribution in [1.29, 1.82) is 0 Å². The van der Waals surface area contributed by atoms with Crippen molar-refractivity contribution in [1.82, 2.24) is 4.57 Å². The van der Waals surface area contributed by atoms with Crippen LogP contribution in [0.25, 0.3) is 0 Å². The van der Waals surface area contributed by atoms with Crippen LogP contribution in [-0.2, 0) is 19.9 Å². The third-order valence-electron chi connectivity index (χ3n) is 2.98. The van der Waals surface area contributed by atoms with E-state index in [1.165, 1.54) is 6.20 Å². The molecule has 4 heteroatoms. The first-order chi connectivity index (χ1) is 9.08. The third-order valence-corrected chi connectivity index (χ3v) is 2.98. The van der Waals surface area contributed by atoms with E-state index in [2.05, 4.69) is 0 Å². The summed E-state index contributed by atoms with van der Waals surface area (Å²) < 4.78 is 1.62. The molecule has 1 aromatic heterocycles. The number of pyridine rings is 1. The van der Waals surface area contributed by atoms with Gasteiger partial charge in [0.2, 0.25) is 0 Å². The quantitative estimate of drug-likeness (QED) is 0.909. The lowest BCUT2D eigenvalue weighted by Gasteiger charge is -2.06. The molecule has 19 heavy (non-hydrogen) atoms. The average molecular weight is 257 g/mol. The molecule has 0 amide bonds. The number of aromatic nitrogens is 1. The molecule has 0 aliphatic rings. The lowest BCUT2D eigenvalue weighted by Crippen LogP contribution is -2.21. The number of rotatable bonds is 4. The number of aromatic carboxylic acids is 1. The second kappa shape index (κ2) is 5.52. The number of benzene rings is 1. The smallest absolute Gasteiger partial charge is 0.341 e. The minimum atomic E-state index is -1.18. The molecule has 1 aromatic carbocycles. The maximum absolute atomic E-state index is 12.0. The molecule has 0 spiro atoms. The molecule has 2 aromatic rings. The third kappa shape index (κ3) is 3.10. The zero-order chi connectivity index (χ0) is 13.8. The van der Waals surface area contributed by atoms with Crippen molar-refractivity contribution in [2.45, 2.75) is 12.8 Å². The molecule has 0 unspecified atom stereocenters. The van der Waals surface area contributed by atoms with Gasteiger partial charge in [-0.05, 0) is 18.4 Å². The van der Waals surface area contributed by atoms with Gasteiger partial charge in [0.05, 0.1) is 0 Å². The van der Waals surface area contributed by atoms with Gasteiger partial charge in [-0.15, -0.1) is 0 Å². The van der Waals surface area contributed by atoms with E-state index in [1.54, 1.807) is 17.8 Å². The summed E-state index contributed by atoms with van der Waals surface area (Å²) in [4.78, 5) is 23.0. The summed E-state index contributed by atoms with van der Waals surface area (Å²) in [6.07, 6.45) is 4.30. The van der Waals surface area contributed by atoms with Gasteiger partial charge in [-0.1, -0.05) is 30.3 Å². The number of carbonyl (C=O) groups is 1. The molecular formula is C15H15NO3. The van der Waals surface area contributed by atoms with Crippen molar-refractivity contribution in [2.24, 2.45) is 7.05 Å². The fourth-order valence-electron chi connectivity index (χ4n) is 2.03. The Morgan fingerprint density at radius 3 is 2.47 bits per heavy atom. The van der Waals surface area contributed by atoms with Gasteiger partial charge in [0.1, 0.15) is 5.56 Å². The fraction of sp³-hybridized carbons (Fsp3) is 0.200. The first-order valence-electron chi connectivity index (χ1n) is 6.04. The van der Waals surface area contributed by atoms with E-state index < -0.39 is 5.97 Å². The van der Waals surface area contributed by atoms with E-state index in [1.807, 2.05) is 30.3 Å². The Morgan fingerprint density at radius 2 is 1.84 bits per heavy atom. The highest BCUT2D eigenvalue weighted by Crippen LogP contribution is 2.05. The van der Waals surface area contributed by atoms with Gasteiger partial charge in [0, 0.05) is 25.0 Å². The number of carboxylic acids is 1. The predicted octanol–water partition coefficient (Wildman–Crippen LogP) is 1.87. The van der Waals surface area contributed by atoms with E-state index in [9.17, 15) is 9.59 Å². The highest BCUT2D eigenvalue weighted by molar-refractivity contribution is 5.87. The summed E-state index contributed by atoms with van der Waals surface area (Å²) in [5.41, 5.74) is 1.10. The second-order valence-electron chi connectivity index (χ2n) is 4.48. The van der Waals surface area contributed by atoms with Crippen LogP contribution < -0.4 is 5.43 Å². The van der Waals surface area contributed by atoms with Crippen LogP contribution in [0.4, 0.5) is 0 Å². The lowest BCUT2D eigenvalue weighted by molar-refractivity contribution is 0.0694. The summed E-state index contributed by atoms with van der Waals surface area (Å²) in [5, 5.41) is 8.99. The van der Waals surface area contributed by atoms with Crippen molar-refractivity contribution in [3.8, 4) is 0 Å². The van der Waals surface area contributed by atoms with Crippen molar-refractivity contribution in [3.63, 3.8) is 0 Å². The van der Waals surface area contributed by atoms with Gasteiger partial charge < -0.3 is 9.67 Å². The number of nitrogens with zero attached hydrogens (tertiary/aromatic N) is 1. The summed E-state index contributed by atoms with van der Waals surface area (Å²) in [6, 6.07) is 9.81. The van der Waals surface area contributed by atoms with Crippen molar-refractivity contribution >= 4 is 5.97 Å². The Bertz CT molecular complexity index is 644. The van der Waals surface area contributed by atoms with Crippen LogP contribution in [0, 0.1) is 0 Å². The predicted molar refractivity (Wildman–Crippen MR) is 72.5 cm³/mol. The molecule has 0 saturated heterocycles. The maximum atomic E-state index is 12.0.